The Morgan fingerprint density at radius 3 is 2.76 bits per heavy atom. The summed E-state index contributed by atoms with van der Waals surface area (Å²) in [5, 5.41) is 13.2. The first-order chi connectivity index (χ1) is 11.8. The van der Waals surface area contributed by atoms with Crippen molar-refractivity contribution in [1.82, 2.24) is 19.0 Å². The Morgan fingerprint density at radius 1 is 1.36 bits per heavy atom. The number of carboxylic acid groups (broad SMARTS) is 1. The number of aromatic nitrogens is 2. The van der Waals surface area contributed by atoms with Crippen LogP contribution >= 0.6 is 0 Å². The van der Waals surface area contributed by atoms with Crippen LogP contribution in [0.5, 0.6) is 0 Å². The van der Waals surface area contributed by atoms with Gasteiger partial charge in [0, 0.05) is 32.1 Å². The molecule has 1 aromatic heterocycles. The van der Waals surface area contributed by atoms with Crippen molar-refractivity contribution in [1.29, 1.82) is 0 Å². The molecule has 2 bridgehead atoms. The molecule has 0 aliphatic carbocycles. The van der Waals surface area contributed by atoms with Gasteiger partial charge in [0.2, 0.25) is 10.0 Å². The average Bonchev–Trinajstić information content (AvgIpc) is 2.67. The molecule has 0 radical (unpaired) electrons. The third-order valence-electron chi connectivity index (χ3n) is 4.80. The molecule has 10 heteroatoms. The zero-order valence-corrected chi connectivity index (χ0v) is 15.3. The van der Waals surface area contributed by atoms with E-state index in [1.165, 1.54) is 10.5 Å². The van der Waals surface area contributed by atoms with Gasteiger partial charge < -0.3 is 9.84 Å². The van der Waals surface area contributed by atoms with Crippen molar-refractivity contribution < 1.29 is 23.1 Å². The molecule has 0 unspecified atom stereocenters. The van der Waals surface area contributed by atoms with Crippen LogP contribution in [0, 0.1) is 12.8 Å². The van der Waals surface area contributed by atoms with Crippen molar-refractivity contribution in [2.24, 2.45) is 5.92 Å². The quantitative estimate of drug-likeness (QED) is 0.751. The molecule has 25 heavy (non-hydrogen) atoms. The minimum absolute atomic E-state index is 0.0526. The second-order valence-electron chi connectivity index (χ2n) is 6.63. The molecular weight excluding hydrogens is 348 g/mol. The minimum atomic E-state index is -3.72. The number of ether oxygens (including phenoxy) is 1. The van der Waals surface area contributed by atoms with Gasteiger partial charge in [0.1, 0.15) is 4.90 Å². The van der Waals surface area contributed by atoms with E-state index in [0.717, 1.165) is 0 Å². The maximum atomic E-state index is 13.2. The van der Waals surface area contributed by atoms with E-state index in [2.05, 4.69) is 5.10 Å². The molecule has 0 aromatic carbocycles. The van der Waals surface area contributed by atoms with Gasteiger partial charge in [-0.2, -0.15) is 9.40 Å². The summed E-state index contributed by atoms with van der Waals surface area (Å²) < 4.78 is 35.3. The number of carboxylic acids is 1. The number of carbonyl (C=O) groups is 1. The first-order valence-electron chi connectivity index (χ1n) is 8.39. The molecule has 2 aliphatic rings. The summed E-state index contributed by atoms with van der Waals surface area (Å²) in [6.07, 6.45) is 1.40. The fourth-order valence-corrected chi connectivity index (χ4v) is 5.48. The van der Waals surface area contributed by atoms with Crippen LogP contribution in [0.3, 0.4) is 0 Å². The van der Waals surface area contributed by atoms with Gasteiger partial charge in [0.05, 0.1) is 37.7 Å². The molecule has 9 nitrogen and oxygen atoms in total. The highest BCUT2D eigenvalue weighted by Gasteiger charge is 2.41. The Bertz CT molecular complexity index is 747. The second-order valence-corrected chi connectivity index (χ2v) is 8.49. The lowest BCUT2D eigenvalue weighted by Crippen LogP contribution is -2.47. The fraction of sp³-hybridized carbons (Fsp3) is 0.733. The highest BCUT2D eigenvalue weighted by atomic mass is 32.2. The summed E-state index contributed by atoms with van der Waals surface area (Å²) in [4.78, 5) is 13.1. The predicted molar refractivity (Wildman–Crippen MR) is 88.7 cm³/mol. The molecule has 1 N–H and O–H groups in total. The Morgan fingerprint density at radius 2 is 2.12 bits per heavy atom. The van der Waals surface area contributed by atoms with Crippen LogP contribution in [-0.2, 0) is 26.1 Å². The lowest BCUT2D eigenvalue weighted by molar-refractivity contribution is -0.138. The molecule has 1 aromatic rings. The monoisotopic (exact) mass is 372 g/mol. The molecular formula is C15H24N4O5S. The molecule has 3 rings (SSSR count). The number of sulfonamides is 1. The molecule has 0 spiro atoms. The van der Waals surface area contributed by atoms with E-state index in [1.807, 2.05) is 6.92 Å². The van der Waals surface area contributed by atoms with Crippen LogP contribution in [0.2, 0.25) is 0 Å². The van der Waals surface area contributed by atoms with Gasteiger partial charge in [-0.05, 0) is 13.8 Å². The number of aliphatic carboxylic acids is 1. The van der Waals surface area contributed by atoms with Crippen molar-refractivity contribution in [3.63, 3.8) is 0 Å². The van der Waals surface area contributed by atoms with Gasteiger partial charge in [-0.15, -0.1) is 0 Å². The summed E-state index contributed by atoms with van der Waals surface area (Å²) in [5.74, 6) is -0.960. The van der Waals surface area contributed by atoms with Crippen LogP contribution in [-0.4, -0.2) is 83.9 Å². The molecule has 3 heterocycles. The van der Waals surface area contributed by atoms with Crippen LogP contribution in [0.1, 0.15) is 12.6 Å². The van der Waals surface area contributed by atoms with Crippen LogP contribution in [0.15, 0.2) is 11.1 Å². The SMILES string of the molecule is CCn1ncc(S(=O)(=O)N2C[C@H]3COC[C@@H]2CN(CC(=O)O)C3)c1C. The van der Waals surface area contributed by atoms with Crippen molar-refractivity contribution in [2.75, 3.05) is 39.4 Å². The van der Waals surface area contributed by atoms with E-state index in [4.69, 9.17) is 9.84 Å². The third-order valence-corrected chi connectivity index (χ3v) is 6.82. The van der Waals surface area contributed by atoms with Gasteiger partial charge in [-0.1, -0.05) is 0 Å². The van der Waals surface area contributed by atoms with E-state index in [9.17, 15) is 13.2 Å². The number of aryl methyl sites for hydroxylation is 1. The Balaban J connectivity index is 1.92. The van der Waals surface area contributed by atoms with E-state index < -0.39 is 22.0 Å². The Kier molecular flexibility index (Phi) is 5.14. The van der Waals surface area contributed by atoms with Crippen molar-refractivity contribution in [2.45, 2.75) is 31.3 Å². The summed E-state index contributed by atoms with van der Waals surface area (Å²) in [6.45, 7) is 6.08. The molecule has 0 amide bonds. The second kappa shape index (κ2) is 7.02. The van der Waals surface area contributed by atoms with E-state index >= 15 is 0 Å². The normalized spacial score (nSPS) is 25.7. The fourth-order valence-electron chi connectivity index (χ4n) is 3.64. The lowest BCUT2D eigenvalue weighted by Gasteiger charge is -2.29. The first kappa shape index (κ1) is 18.3. The molecule has 2 aliphatic heterocycles. The van der Waals surface area contributed by atoms with Crippen molar-refractivity contribution >= 4 is 16.0 Å². The maximum Gasteiger partial charge on any atom is 0.317 e. The van der Waals surface area contributed by atoms with Gasteiger partial charge >= 0.3 is 5.97 Å². The standard InChI is InChI=1S/C15H24N4O5S/c1-3-18-11(2)14(4-16-18)25(22,23)19-6-12-5-17(8-15(20)21)7-13(19)10-24-9-12/h4,12-13H,3,5-10H2,1-2H3,(H,20,21)/t12-,13-/m0/s1. The summed E-state index contributed by atoms with van der Waals surface area (Å²) in [6, 6.07) is -0.402. The van der Waals surface area contributed by atoms with Gasteiger partial charge in [0.25, 0.3) is 0 Å². The molecule has 2 fully saturated rings. The minimum Gasteiger partial charge on any atom is -0.480 e. The average molecular weight is 372 g/mol. The van der Waals surface area contributed by atoms with Crippen LogP contribution in [0.25, 0.3) is 0 Å². The predicted octanol–water partition coefficient (Wildman–Crippen LogP) is -0.383. The highest BCUT2D eigenvalue weighted by molar-refractivity contribution is 7.89. The molecule has 140 valence electrons. The number of fused-ring (bicyclic) bond motifs is 3. The van der Waals surface area contributed by atoms with Gasteiger partial charge in [-0.25, -0.2) is 8.42 Å². The summed E-state index contributed by atoms with van der Waals surface area (Å²) in [5.41, 5.74) is 0.615. The molecule has 0 saturated carbocycles. The topological polar surface area (TPSA) is 105 Å². The van der Waals surface area contributed by atoms with Crippen LogP contribution in [0.4, 0.5) is 0 Å². The Hall–Kier alpha value is -1.49. The molecule has 2 atom stereocenters. The first-order valence-corrected chi connectivity index (χ1v) is 9.83. The lowest BCUT2D eigenvalue weighted by atomic mass is 10.1. The number of hydrogen-bond acceptors (Lipinski definition) is 6. The maximum absolute atomic E-state index is 13.2. The van der Waals surface area contributed by atoms with Crippen molar-refractivity contribution in [3.05, 3.63) is 11.9 Å². The Labute approximate surface area is 147 Å². The summed E-state index contributed by atoms with van der Waals surface area (Å²) >= 11 is 0. The summed E-state index contributed by atoms with van der Waals surface area (Å²) in [7, 11) is -3.72. The van der Waals surface area contributed by atoms with E-state index in [-0.39, 0.29) is 24.0 Å². The van der Waals surface area contributed by atoms with Gasteiger partial charge in [0.15, 0.2) is 0 Å². The highest BCUT2D eigenvalue weighted by Crippen LogP contribution is 2.27. The number of nitrogens with zero attached hydrogens (tertiary/aromatic N) is 4. The van der Waals surface area contributed by atoms with Crippen molar-refractivity contribution in [3.8, 4) is 0 Å². The van der Waals surface area contributed by atoms with E-state index in [0.29, 0.717) is 38.5 Å². The zero-order chi connectivity index (χ0) is 18.2. The smallest absolute Gasteiger partial charge is 0.317 e. The third kappa shape index (κ3) is 3.57. The van der Waals surface area contributed by atoms with Crippen LogP contribution < -0.4 is 0 Å². The van der Waals surface area contributed by atoms with E-state index in [1.54, 1.807) is 16.5 Å². The molecule has 2 saturated heterocycles. The number of hydrogen-bond donors (Lipinski definition) is 1. The van der Waals surface area contributed by atoms with Gasteiger partial charge in [-0.3, -0.25) is 14.4 Å². The number of rotatable bonds is 5. The zero-order valence-electron chi connectivity index (χ0n) is 14.5. The largest absolute Gasteiger partial charge is 0.480 e.